The van der Waals surface area contributed by atoms with Crippen LogP contribution < -0.4 is 20.1 Å². The summed E-state index contributed by atoms with van der Waals surface area (Å²) in [6.07, 6.45) is 1.73. The van der Waals surface area contributed by atoms with Crippen LogP contribution >= 0.6 is 11.6 Å². The highest BCUT2D eigenvalue weighted by molar-refractivity contribution is 6.30. The van der Waals surface area contributed by atoms with Crippen LogP contribution in [0.4, 0.5) is 17.2 Å². The lowest BCUT2D eigenvalue weighted by molar-refractivity contribution is 0.174. The molecule has 0 aliphatic carbocycles. The lowest BCUT2D eigenvalue weighted by Gasteiger charge is -2.10. The number of anilines is 3. The fourth-order valence-electron chi connectivity index (χ4n) is 2.48. The molecule has 24 heavy (non-hydrogen) atoms. The van der Waals surface area contributed by atoms with Crippen molar-refractivity contribution in [3.05, 3.63) is 59.2 Å². The molecule has 0 saturated carbocycles. The minimum Gasteiger partial charge on any atom is -0.454 e. The lowest BCUT2D eigenvalue weighted by Crippen LogP contribution is -2.02. The van der Waals surface area contributed by atoms with Gasteiger partial charge >= 0.3 is 0 Å². The Kier molecular flexibility index (Phi) is 3.88. The summed E-state index contributed by atoms with van der Waals surface area (Å²) >= 11 is 6.01. The molecule has 0 bridgehead atoms. The summed E-state index contributed by atoms with van der Waals surface area (Å²) in [6.45, 7) is 0.906. The van der Waals surface area contributed by atoms with Gasteiger partial charge in [-0.05, 0) is 35.9 Å². The van der Waals surface area contributed by atoms with Crippen molar-refractivity contribution >= 4 is 28.8 Å². The van der Waals surface area contributed by atoms with Crippen LogP contribution in [-0.2, 0) is 6.54 Å². The fourth-order valence-corrected chi connectivity index (χ4v) is 2.67. The quantitative estimate of drug-likeness (QED) is 0.649. The van der Waals surface area contributed by atoms with Gasteiger partial charge in [0.05, 0.1) is 6.20 Å². The van der Waals surface area contributed by atoms with E-state index in [1.807, 2.05) is 42.5 Å². The molecular weight excluding hydrogens is 328 g/mol. The van der Waals surface area contributed by atoms with Gasteiger partial charge in [-0.15, -0.1) is 0 Å². The molecule has 0 unspecified atom stereocenters. The number of nitrogens with zero attached hydrogens (tertiary/aromatic N) is 1. The van der Waals surface area contributed by atoms with E-state index in [9.17, 15) is 0 Å². The number of hydrogen-bond acceptors (Lipinski definition) is 5. The third kappa shape index (κ3) is 3.09. The van der Waals surface area contributed by atoms with Crippen LogP contribution in [0.15, 0.2) is 48.7 Å². The number of rotatable bonds is 5. The van der Waals surface area contributed by atoms with Gasteiger partial charge in [-0.2, -0.15) is 5.10 Å². The number of aromatic amines is 1. The van der Waals surface area contributed by atoms with Crippen molar-refractivity contribution in [1.82, 2.24) is 10.2 Å². The minimum atomic E-state index is 0.278. The Balaban J connectivity index is 1.45. The molecule has 0 fully saturated rings. The molecular formula is C17H15ClN4O2. The van der Waals surface area contributed by atoms with E-state index in [2.05, 4.69) is 20.8 Å². The Hall–Kier alpha value is -2.86. The molecule has 122 valence electrons. The smallest absolute Gasteiger partial charge is 0.231 e. The number of ether oxygens (including phenoxy) is 2. The van der Waals surface area contributed by atoms with Gasteiger partial charge in [-0.1, -0.05) is 23.7 Å². The van der Waals surface area contributed by atoms with Crippen molar-refractivity contribution in [2.45, 2.75) is 6.54 Å². The van der Waals surface area contributed by atoms with Gasteiger partial charge in [-0.25, -0.2) is 0 Å². The zero-order valence-electron chi connectivity index (χ0n) is 12.7. The third-order valence-corrected chi connectivity index (χ3v) is 3.88. The molecule has 2 aromatic carbocycles. The Morgan fingerprint density at radius 2 is 2.04 bits per heavy atom. The summed E-state index contributed by atoms with van der Waals surface area (Å²) in [5.41, 5.74) is 2.83. The third-order valence-electron chi connectivity index (χ3n) is 3.65. The minimum absolute atomic E-state index is 0.278. The second kappa shape index (κ2) is 6.33. The van der Waals surface area contributed by atoms with Gasteiger partial charge in [0.15, 0.2) is 11.5 Å². The Labute approximate surface area is 143 Å². The van der Waals surface area contributed by atoms with E-state index in [1.165, 1.54) is 0 Å². The summed E-state index contributed by atoms with van der Waals surface area (Å²) in [5.74, 6) is 2.35. The molecule has 0 radical (unpaired) electrons. The van der Waals surface area contributed by atoms with E-state index >= 15 is 0 Å². The van der Waals surface area contributed by atoms with E-state index in [0.717, 1.165) is 34.3 Å². The fraction of sp³-hybridized carbons (Fsp3) is 0.118. The molecule has 0 atom stereocenters. The van der Waals surface area contributed by atoms with Crippen LogP contribution in [0.25, 0.3) is 0 Å². The molecule has 4 rings (SSSR count). The maximum absolute atomic E-state index is 6.01. The van der Waals surface area contributed by atoms with E-state index in [0.29, 0.717) is 11.6 Å². The predicted molar refractivity (Wildman–Crippen MR) is 93.2 cm³/mol. The van der Waals surface area contributed by atoms with Crippen LogP contribution in [0.2, 0.25) is 5.02 Å². The van der Waals surface area contributed by atoms with Gasteiger partial charge in [0.2, 0.25) is 6.79 Å². The number of benzene rings is 2. The summed E-state index contributed by atoms with van der Waals surface area (Å²) in [6, 6.07) is 13.4. The molecule has 0 saturated heterocycles. The zero-order chi connectivity index (χ0) is 16.4. The maximum atomic E-state index is 6.01. The first-order chi connectivity index (χ1) is 11.8. The highest BCUT2D eigenvalue weighted by atomic mass is 35.5. The molecule has 3 aromatic rings. The number of H-pyrrole nitrogens is 1. The lowest BCUT2D eigenvalue weighted by atomic mass is 10.2. The van der Waals surface area contributed by atoms with Gasteiger partial charge < -0.3 is 20.1 Å². The SMILES string of the molecule is Clc1cccc(Nc2cn[nH]c2NCc2ccc3c(c2)OCO3)c1. The summed E-state index contributed by atoms with van der Waals surface area (Å²) in [5, 5.41) is 14.3. The largest absolute Gasteiger partial charge is 0.454 e. The van der Waals surface area contributed by atoms with Crippen molar-refractivity contribution in [3.63, 3.8) is 0 Å². The van der Waals surface area contributed by atoms with Gasteiger partial charge in [0.25, 0.3) is 0 Å². The number of aromatic nitrogens is 2. The van der Waals surface area contributed by atoms with Crippen molar-refractivity contribution in [2.24, 2.45) is 0 Å². The van der Waals surface area contributed by atoms with Gasteiger partial charge in [0.1, 0.15) is 11.5 Å². The molecule has 1 aliphatic rings. The van der Waals surface area contributed by atoms with E-state index < -0.39 is 0 Å². The second-order valence-corrected chi connectivity index (χ2v) is 5.77. The standard InChI is InChI=1S/C17H15ClN4O2/c18-12-2-1-3-13(7-12)21-14-9-20-22-17(14)19-8-11-4-5-15-16(6-11)24-10-23-15/h1-7,9,21H,8,10H2,(H2,19,20,22). The molecule has 0 amide bonds. The maximum Gasteiger partial charge on any atom is 0.231 e. The summed E-state index contributed by atoms with van der Waals surface area (Å²) in [7, 11) is 0. The van der Waals surface area contributed by atoms with Crippen LogP contribution in [0.3, 0.4) is 0 Å². The number of hydrogen-bond donors (Lipinski definition) is 3. The first kappa shape index (κ1) is 14.7. The topological polar surface area (TPSA) is 71.2 Å². The molecule has 2 heterocycles. The number of halogens is 1. The van der Waals surface area contributed by atoms with Crippen molar-refractivity contribution in [1.29, 1.82) is 0 Å². The summed E-state index contributed by atoms with van der Waals surface area (Å²) in [4.78, 5) is 0. The van der Waals surface area contributed by atoms with Crippen LogP contribution in [0.1, 0.15) is 5.56 Å². The van der Waals surface area contributed by atoms with E-state index in [-0.39, 0.29) is 6.79 Å². The highest BCUT2D eigenvalue weighted by Gasteiger charge is 2.13. The van der Waals surface area contributed by atoms with Crippen molar-refractivity contribution in [3.8, 4) is 11.5 Å². The zero-order valence-corrected chi connectivity index (χ0v) is 13.4. The van der Waals surface area contributed by atoms with Crippen molar-refractivity contribution in [2.75, 3.05) is 17.4 Å². The molecule has 7 heteroatoms. The van der Waals surface area contributed by atoms with Crippen molar-refractivity contribution < 1.29 is 9.47 Å². The van der Waals surface area contributed by atoms with E-state index in [1.54, 1.807) is 6.20 Å². The summed E-state index contributed by atoms with van der Waals surface area (Å²) < 4.78 is 10.7. The highest BCUT2D eigenvalue weighted by Crippen LogP contribution is 2.33. The molecule has 6 nitrogen and oxygen atoms in total. The van der Waals surface area contributed by atoms with Crippen LogP contribution in [0.5, 0.6) is 11.5 Å². The van der Waals surface area contributed by atoms with Gasteiger partial charge in [0, 0.05) is 17.3 Å². The van der Waals surface area contributed by atoms with E-state index in [4.69, 9.17) is 21.1 Å². The molecule has 3 N–H and O–H groups in total. The first-order valence-electron chi connectivity index (χ1n) is 7.46. The average molecular weight is 343 g/mol. The number of nitrogens with one attached hydrogen (secondary N) is 3. The predicted octanol–water partition coefficient (Wildman–Crippen LogP) is 4.15. The second-order valence-electron chi connectivity index (χ2n) is 5.34. The normalized spacial score (nSPS) is 12.2. The molecule has 1 aliphatic heterocycles. The van der Waals surface area contributed by atoms with Crippen LogP contribution in [0, 0.1) is 0 Å². The Morgan fingerprint density at radius 1 is 1.12 bits per heavy atom. The molecule has 0 spiro atoms. The Bertz CT molecular complexity index is 865. The monoisotopic (exact) mass is 342 g/mol. The van der Waals surface area contributed by atoms with Gasteiger partial charge in [-0.3, -0.25) is 5.10 Å². The Morgan fingerprint density at radius 3 is 2.96 bits per heavy atom. The average Bonchev–Trinajstić information content (AvgIpc) is 3.21. The molecule has 1 aromatic heterocycles. The number of fused-ring (bicyclic) bond motifs is 1. The van der Waals surface area contributed by atoms with Crippen LogP contribution in [-0.4, -0.2) is 17.0 Å². The first-order valence-corrected chi connectivity index (χ1v) is 7.84.